The Morgan fingerprint density at radius 3 is 2.79 bits per heavy atom. The lowest BCUT2D eigenvalue weighted by molar-refractivity contribution is -0.115. The van der Waals surface area contributed by atoms with Gasteiger partial charge in [-0.05, 0) is 53.6 Å². The Hall–Kier alpha value is -1.17. The number of nitrogens with zero attached hydrogens (tertiary/aromatic N) is 1. The van der Waals surface area contributed by atoms with Crippen LogP contribution in [0, 0.1) is 3.57 Å². The van der Waals surface area contributed by atoms with Gasteiger partial charge < -0.3 is 4.90 Å². The SMILES string of the molecule is O=C1C=CC2(CCCN2C(=O)c2ccccc2I)C1. The molecule has 1 unspecified atom stereocenters. The predicted molar refractivity (Wildman–Crippen MR) is 80.9 cm³/mol. The predicted octanol–water partition coefficient (Wildman–Crippen LogP) is 2.80. The van der Waals surface area contributed by atoms with Crippen molar-refractivity contribution in [3.8, 4) is 0 Å². The first-order valence-corrected chi connectivity index (χ1v) is 7.49. The number of benzene rings is 1. The molecular formula is C15H14INO2. The molecule has 0 bridgehead atoms. The number of hydrogen-bond donors (Lipinski definition) is 0. The minimum absolute atomic E-state index is 0.0434. The maximum atomic E-state index is 12.7. The van der Waals surface area contributed by atoms with Crippen molar-refractivity contribution >= 4 is 34.3 Å². The van der Waals surface area contributed by atoms with Gasteiger partial charge in [0, 0.05) is 16.5 Å². The number of carbonyl (C=O) groups is 2. The molecule has 1 aliphatic heterocycles. The van der Waals surface area contributed by atoms with Crippen molar-refractivity contribution in [1.82, 2.24) is 4.90 Å². The van der Waals surface area contributed by atoms with Gasteiger partial charge >= 0.3 is 0 Å². The molecule has 3 rings (SSSR count). The van der Waals surface area contributed by atoms with Crippen LogP contribution in [0.5, 0.6) is 0 Å². The molecule has 0 saturated carbocycles. The summed E-state index contributed by atoms with van der Waals surface area (Å²) in [4.78, 5) is 26.1. The number of ketones is 1. The number of rotatable bonds is 1. The number of carbonyl (C=O) groups excluding carboxylic acids is 2. The number of amides is 1. The van der Waals surface area contributed by atoms with Crippen molar-refractivity contribution in [2.24, 2.45) is 0 Å². The lowest BCUT2D eigenvalue weighted by atomic mass is 9.95. The molecule has 1 atom stereocenters. The highest BCUT2D eigenvalue weighted by atomic mass is 127. The molecule has 98 valence electrons. The zero-order valence-electron chi connectivity index (χ0n) is 10.4. The molecule has 19 heavy (non-hydrogen) atoms. The second-order valence-electron chi connectivity index (χ2n) is 5.12. The Labute approximate surface area is 125 Å². The average molecular weight is 367 g/mol. The van der Waals surface area contributed by atoms with E-state index in [-0.39, 0.29) is 17.2 Å². The van der Waals surface area contributed by atoms with Crippen LogP contribution in [0.2, 0.25) is 0 Å². The fourth-order valence-corrected chi connectivity index (χ4v) is 3.63. The van der Waals surface area contributed by atoms with E-state index in [1.54, 1.807) is 6.08 Å². The largest absolute Gasteiger partial charge is 0.329 e. The van der Waals surface area contributed by atoms with E-state index < -0.39 is 0 Å². The first-order valence-electron chi connectivity index (χ1n) is 6.41. The summed E-state index contributed by atoms with van der Waals surface area (Å²) in [5.74, 6) is 0.171. The monoisotopic (exact) mass is 367 g/mol. The van der Waals surface area contributed by atoms with Crippen molar-refractivity contribution in [3.05, 3.63) is 45.6 Å². The molecule has 2 aliphatic rings. The maximum Gasteiger partial charge on any atom is 0.255 e. The van der Waals surface area contributed by atoms with E-state index in [9.17, 15) is 9.59 Å². The lowest BCUT2D eigenvalue weighted by Gasteiger charge is -2.33. The Morgan fingerprint density at radius 1 is 1.32 bits per heavy atom. The van der Waals surface area contributed by atoms with Crippen molar-refractivity contribution in [3.63, 3.8) is 0 Å². The van der Waals surface area contributed by atoms with Crippen molar-refractivity contribution < 1.29 is 9.59 Å². The highest BCUT2D eigenvalue weighted by Crippen LogP contribution is 2.38. The molecule has 3 nitrogen and oxygen atoms in total. The van der Waals surface area contributed by atoms with E-state index in [4.69, 9.17) is 0 Å². The van der Waals surface area contributed by atoms with E-state index in [1.807, 2.05) is 35.2 Å². The van der Waals surface area contributed by atoms with Crippen LogP contribution >= 0.6 is 22.6 Å². The molecule has 0 radical (unpaired) electrons. The quantitative estimate of drug-likeness (QED) is 0.716. The standard InChI is InChI=1S/C15H14INO2/c16-13-5-2-1-4-12(13)14(19)17-9-3-7-15(17)8-6-11(18)10-15/h1-2,4-6,8H,3,7,9-10H2. The van der Waals surface area contributed by atoms with E-state index in [1.165, 1.54) is 0 Å². The Bertz CT molecular complexity index is 581. The number of hydrogen-bond acceptors (Lipinski definition) is 2. The second-order valence-corrected chi connectivity index (χ2v) is 6.28. The summed E-state index contributed by atoms with van der Waals surface area (Å²) in [5, 5.41) is 0. The topological polar surface area (TPSA) is 37.4 Å². The summed E-state index contributed by atoms with van der Waals surface area (Å²) < 4.78 is 0.959. The summed E-state index contributed by atoms with van der Waals surface area (Å²) in [7, 11) is 0. The van der Waals surface area contributed by atoms with Gasteiger partial charge in [0.05, 0.1) is 11.1 Å². The summed E-state index contributed by atoms with van der Waals surface area (Å²) in [6.07, 6.45) is 5.86. The van der Waals surface area contributed by atoms with Gasteiger partial charge in [0.15, 0.2) is 5.78 Å². The van der Waals surface area contributed by atoms with E-state index in [2.05, 4.69) is 22.6 Å². The number of likely N-dealkylation sites (tertiary alicyclic amines) is 1. The van der Waals surface area contributed by atoms with Gasteiger partial charge in [0.25, 0.3) is 5.91 Å². The van der Waals surface area contributed by atoms with Crippen LogP contribution in [0.3, 0.4) is 0 Å². The lowest BCUT2D eigenvalue weighted by Crippen LogP contribution is -2.45. The van der Waals surface area contributed by atoms with Crippen LogP contribution in [0.15, 0.2) is 36.4 Å². The number of allylic oxidation sites excluding steroid dienone is 1. The third-order valence-corrected chi connectivity index (χ3v) is 4.88. The third kappa shape index (κ3) is 2.12. The van der Waals surface area contributed by atoms with Crippen LogP contribution in [0.25, 0.3) is 0 Å². The average Bonchev–Trinajstić information content (AvgIpc) is 2.97. The van der Waals surface area contributed by atoms with Gasteiger partial charge in [-0.1, -0.05) is 18.2 Å². The molecule has 0 aromatic heterocycles. The van der Waals surface area contributed by atoms with Crippen LogP contribution in [0.4, 0.5) is 0 Å². The molecule has 1 heterocycles. The van der Waals surface area contributed by atoms with Crippen LogP contribution in [-0.2, 0) is 4.79 Å². The van der Waals surface area contributed by atoms with Gasteiger partial charge in [0.1, 0.15) is 0 Å². The first-order chi connectivity index (χ1) is 9.12. The third-order valence-electron chi connectivity index (χ3n) is 3.94. The van der Waals surface area contributed by atoms with E-state index in [0.29, 0.717) is 6.42 Å². The normalized spacial score (nSPS) is 25.5. The van der Waals surface area contributed by atoms with Crippen LogP contribution < -0.4 is 0 Å². The smallest absolute Gasteiger partial charge is 0.255 e. The van der Waals surface area contributed by atoms with Crippen molar-refractivity contribution in [2.75, 3.05) is 6.54 Å². The van der Waals surface area contributed by atoms with Gasteiger partial charge in [-0.2, -0.15) is 0 Å². The van der Waals surface area contributed by atoms with Crippen molar-refractivity contribution in [2.45, 2.75) is 24.8 Å². The van der Waals surface area contributed by atoms with Crippen molar-refractivity contribution in [1.29, 1.82) is 0 Å². The molecular weight excluding hydrogens is 353 g/mol. The molecule has 1 fully saturated rings. The zero-order chi connectivity index (χ0) is 13.5. The Kier molecular flexibility index (Phi) is 3.20. The molecule has 4 heteroatoms. The second kappa shape index (κ2) is 4.74. The first kappa shape index (κ1) is 12.8. The Morgan fingerprint density at radius 2 is 2.11 bits per heavy atom. The summed E-state index contributed by atoms with van der Waals surface area (Å²) >= 11 is 2.19. The zero-order valence-corrected chi connectivity index (χ0v) is 12.6. The van der Waals surface area contributed by atoms with Crippen LogP contribution in [0.1, 0.15) is 29.6 Å². The van der Waals surface area contributed by atoms with Gasteiger partial charge in [-0.3, -0.25) is 9.59 Å². The molecule has 1 aromatic carbocycles. The molecule has 1 spiro atoms. The summed E-state index contributed by atoms with van der Waals surface area (Å²) in [6, 6.07) is 7.61. The molecule has 1 aromatic rings. The molecule has 0 N–H and O–H groups in total. The minimum atomic E-state index is -0.354. The van der Waals surface area contributed by atoms with Crippen LogP contribution in [-0.4, -0.2) is 28.7 Å². The summed E-state index contributed by atoms with van der Waals surface area (Å²) in [5.41, 5.74) is 0.379. The molecule has 1 aliphatic carbocycles. The summed E-state index contributed by atoms with van der Waals surface area (Å²) in [6.45, 7) is 0.738. The van der Waals surface area contributed by atoms with E-state index >= 15 is 0 Å². The maximum absolute atomic E-state index is 12.7. The number of halogens is 1. The van der Waals surface area contributed by atoms with Gasteiger partial charge in [0.2, 0.25) is 0 Å². The highest BCUT2D eigenvalue weighted by molar-refractivity contribution is 14.1. The highest BCUT2D eigenvalue weighted by Gasteiger charge is 2.45. The van der Waals surface area contributed by atoms with Gasteiger partial charge in [-0.25, -0.2) is 0 Å². The fourth-order valence-electron chi connectivity index (χ4n) is 3.01. The van der Waals surface area contributed by atoms with E-state index in [0.717, 1.165) is 28.5 Å². The Balaban J connectivity index is 1.94. The molecule has 1 amide bonds. The fraction of sp³-hybridized carbons (Fsp3) is 0.333. The minimum Gasteiger partial charge on any atom is -0.329 e. The molecule has 1 saturated heterocycles. The van der Waals surface area contributed by atoms with Gasteiger partial charge in [-0.15, -0.1) is 0 Å².